The van der Waals surface area contributed by atoms with Crippen molar-refractivity contribution in [3.8, 4) is 0 Å². The smallest absolute Gasteiger partial charge is 0.306 e. The lowest BCUT2D eigenvalue weighted by atomic mass is 9.76. The Morgan fingerprint density at radius 2 is 1.43 bits per heavy atom. The van der Waals surface area contributed by atoms with E-state index < -0.39 is 5.97 Å². The van der Waals surface area contributed by atoms with Crippen molar-refractivity contribution in [3.63, 3.8) is 0 Å². The largest absolute Gasteiger partial charge is 0.481 e. The van der Waals surface area contributed by atoms with Gasteiger partial charge in [-0.15, -0.1) is 0 Å². The van der Waals surface area contributed by atoms with Crippen LogP contribution in [0.15, 0.2) is 0 Å². The zero-order chi connectivity index (χ0) is 18.3. The Morgan fingerprint density at radius 1 is 1.00 bits per heavy atom. The van der Waals surface area contributed by atoms with Crippen molar-refractivity contribution in [1.82, 2.24) is 0 Å². The predicted molar refractivity (Wildman–Crippen MR) is 94.5 cm³/mol. The van der Waals surface area contributed by atoms with Crippen molar-refractivity contribution >= 4 is 5.97 Å². The van der Waals surface area contributed by atoms with Crippen LogP contribution in [0.1, 0.15) is 80.1 Å². The van der Waals surface area contributed by atoms with Gasteiger partial charge in [-0.25, -0.2) is 0 Å². The van der Waals surface area contributed by atoms with Crippen LogP contribution < -0.4 is 0 Å². The highest BCUT2D eigenvalue weighted by Crippen LogP contribution is 2.33. The van der Waals surface area contributed by atoms with Gasteiger partial charge in [-0.2, -0.15) is 0 Å². The Balaban J connectivity index is 4.05. The third-order valence-electron chi connectivity index (χ3n) is 5.71. The highest BCUT2D eigenvalue weighted by molar-refractivity contribution is 5.70. The summed E-state index contributed by atoms with van der Waals surface area (Å²) in [6.07, 6.45) is 5.16. The van der Waals surface area contributed by atoms with Crippen LogP contribution in [0.25, 0.3) is 0 Å². The second-order valence-electron chi connectivity index (χ2n) is 8.35. The summed E-state index contributed by atoms with van der Waals surface area (Å²) in [4.78, 5) is 11.1. The number of carbonyl (C=O) groups is 1. The van der Waals surface area contributed by atoms with E-state index in [2.05, 4.69) is 20.8 Å². The number of hydrogen-bond acceptors (Lipinski definition) is 3. The maximum absolute atomic E-state index is 11.1. The third kappa shape index (κ3) is 8.16. The quantitative estimate of drug-likeness (QED) is 0.553. The zero-order valence-corrected chi connectivity index (χ0v) is 16.2. The summed E-state index contributed by atoms with van der Waals surface area (Å²) >= 11 is 0. The van der Waals surface area contributed by atoms with Crippen molar-refractivity contribution < 1.29 is 19.7 Å². The molecule has 0 rings (SSSR count). The van der Waals surface area contributed by atoms with E-state index in [1.165, 1.54) is 0 Å². The van der Waals surface area contributed by atoms with Gasteiger partial charge in [0.05, 0.1) is 18.1 Å². The number of aliphatic carboxylic acids is 1. The summed E-state index contributed by atoms with van der Waals surface area (Å²) in [6, 6.07) is 0. The third-order valence-corrected chi connectivity index (χ3v) is 5.71. The summed E-state index contributed by atoms with van der Waals surface area (Å²) < 4.78 is 5.41. The molecule has 0 aliphatic rings. The Bertz CT molecular complexity index is 349. The fourth-order valence-corrected chi connectivity index (χ4v) is 2.80. The fourth-order valence-electron chi connectivity index (χ4n) is 2.80. The molecule has 0 heterocycles. The normalized spacial score (nSPS) is 16.9. The lowest BCUT2D eigenvalue weighted by Crippen LogP contribution is -2.29. The Kier molecular flexibility index (Phi) is 9.37. The molecule has 0 saturated carbocycles. The molecule has 2 N–H and O–H groups in total. The molecule has 3 atom stereocenters. The molecule has 138 valence electrons. The molecule has 0 aliphatic heterocycles. The van der Waals surface area contributed by atoms with Crippen molar-refractivity contribution in [2.24, 2.45) is 16.7 Å². The number of methoxy groups -OCH3 is 1. The van der Waals surface area contributed by atoms with Crippen LogP contribution in [0.4, 0.5) is 0 Å². The first kappa shape index (κ1) is 22.4. The van der Waals surface area contributed by atoms with Gasteiger partial charge in [0.2, 0.25) is 0 Å². The molecule has 0 aromatic heterocycles. The lowest BCUT2D eigenvalue weighted by Gasteiger charge is -2.31. The second kappa shape index (κ2) is 9.63. The highest BCUT2D eigenvalue weighted by Gasteiger charge is 2.31. The zero-order valence-electron chi connectivity index (χ0n) is 16.2. The highest BCUT2D eigenvalue weighted by atomic mass is 16.5. The van der Waals surface area contributed by atoms with E-state index in [4.69, 9.17) is 9.84 Å². The van der Waals surface area contributed by atoms with E-state index in [1.807, 2.05) is 13.8 Å². The van der Waals surface area contributed by atoms with Crippen LogP contribution in [0.2, 0.25) is 0 Å². The van der Waals surface area contributed by atoms with Crippen LogP contribution in [0, 0.1) is 16.7 Å². The van der Waals surface area contributed by atoms with Crippen LogP contribution in [0.5, 0.6) is 0 Å². The second-order valence-corrected chi connectivity index (χ2v) is 8.35. The maximum Gasteiger partial charge on any atom is 0.306 e. The molecule has 0 radical (unpaired) electrons. The van der Waals surface area contributed by atoms with Gasteiger partial charge in [0.15, 0.2) is 0 Å². The molecule has 0 fully saturated rings. The van der Waals surface area contributed by atoms with E-state index in [0.717, 1.165) is 38.5 Å². The molecule has 3 unspecified atom stereocenters. The number of ether oxygens (including phenoxy) is 1. The molecule has 0 aromatic rings. The van der Waals surface area contributed by atoms with E-state index in [1.54, 1.807) is 14.0 Å². The minimum Gasteiger partial charge on any atom is -0.481 e. The molecule has 0 spiro atoms. The summed E-state index contributed by atoms with van der Waals surface area (Å²) in [7, 11) is 1.74. The van der Waals surface area contributed by atoms with E-state index in [-0.39, 0.29) is 29.0 Å². The van der Waals surface area contributed by atoms with Gasteiger partial charge in [0.1, 0.15) is 0 Å². The molecule has 0 aromatic carbocycles. The number of aliphatic hydroxyl groups is 1. The average molecular weight is 331 g/mol. The van der Waals surface area contributed by atoms with Crippen LogP contribution in [-0.4, -0.2) is 35.5 Å². The summed E-state index contributed by atoms with van der Waals surface area (Å²) in [5.41, 5.74) is -0.116. The van der Waals surface area contributed by atoms with Gasteiger partial charge in [0.25, 0.3) is 0 Å². The SMILES string of the molecule is COC(C)C(C)(C)CCCC(O)CCCC(C)(C)C(C)C(=O)O. The van der Waals surface area contributed by atoms with Gasteiger partial charge < -0.3 is 14.9 Å². The minimum absolute atomic E-state index is 0.118. The number of hydrogen-bond donors (Lipinski definition) is 2. The van der Waals surface area contributed by atoms with Gasteiger partial charge in [0, 0.05) is 7.11 Å². The first-order valence-electron chi connectivity index (χ1n) is 8.87. The molecule has 0 bridgehead atoms. The van der Waals surface area contributed by atoms with Gasteiger partial charge >= 0.3 is 5.97 Å². The molecular formula is C19H38O4. The number of rotatable bonds is 12. The van der Waals surface area contributed by atoms with E-state index in [9.17, 15) is 9.90 Å². The molecule has 23 heavy (non-hydrogen) atoms. The number of aliphatic hydroxyl groups excluding tert-OH is 1. The predicted octanol–water partition coefficient (Wildman–Crippen LogP) is 4.50. The first-order chi connectivity index (χ1) is 10.4. The molecular weight excluding hydrogens is 292 g/mol. The summed E-state index contributed by atoms with van der Waals surface area (Å²) in [5.74, 6) is -1.11. The molecule has 0 saturated heterocycles. The maximum atomic E-state index is 11.1. The fraction of sp³-hybridized carbons (Fsp3) is 0.947. The molecule has 0 amide bonds. The monoisotopic (exact) mass is 330 g/mol. The van der Waals surface area contributed by atoms with E-state index in [0.29, 0.717) is 0 Å². The molecule has 4 heteroatoms. The average Bonchev–Trinajstić information content (AvgIpc) is 2.44. The van der Waals surface area contributed by atoms with Crippen molar-refractivity contribution in [1.29, 1.82) is 0 Å². The van der Waals surface area contributed by atoms with E-state index >= 15 is 0 Å². The number of carboxylic acids is 1. The minimum atomic E-state index is -0.745. The number of carboxylic acid groups (broad SMARTS) is 1. The molecule has 4 nitrogen and oxygen atoms in total. The first-order valence-corrected chi connectivity index (χ1v) is 8.87. The van der Waals surface area contributed by atoms with Gasteiger partial charge in [-0.05, 0) is 43.4 Å². The topological polar surface area (TPSA) is 66.8 Å². The van der Waals surface area contributed by atoms with Crippen LogP contribution in [-0.2, 0) is 9.53 Å². The lowest BCUT2D eigenvalue weighted by molar-refractivity contribution is -0.145. The summed E-state index contributed by atoms with van der Waals surface area (Å²) in [5, 5.41) is 19.3. The van der Waals surface area contributed by atoms with Gasteiger partial charge in [-0.3, -0.25) is 4.79 Å². The van der Waals surface area contributed by atoms with Crippen LogP contribution in [0.3, 0.4) is 0 Å². The summed E-state index contributed by atoms with van der Waals surface area (Å²) in [6.45, 7) is 12.2. The van der Waals surface area contributed by atoms with Crippen LogP contribution >= 0.6 is 0 Å². The van der Waals surface area contributed by atoms with Crippen molar-refractivity contribution in [2.75, 3.05) is 7.11 Å². The van der Waals surface area contributed by atoms with Crippen molar-refractivity contribution in [2.45, 2.75) is 92.3 Å². The Hall–Kier alpha value is -0.610. The van der Waals surface area contributed by atoms with Crippen molar-refractivity contribution in [3.05, 3.63) is 0 Å². The van der Waals surface area contributed by atoms with Gasteiger partial charge in [-0.1, -0.05) is 47.5 Å². The standard InChI is InChI=1S/C19H38O4/c1-14(17(21)22)18(3,4)12-8-10-16(20)11-9-13-19(5,6)15(2)23-7/h14-16,20H,8-13H2,1-7H3,(H,21,22). The Labute approximate surface area is 142 Å². The molecule has 0 aliphatic carbocycles. The Morgan fingerprint density at radius 3 is 1.83 bits per heavy atom.